The molecule has 0 bridgehead atoms. The molecule has 1 aromatic heterocycles. The van der Waals surface area contributed by atoms with Crippen molar-refractivity contribution >= 4 is 0 Å². The summed E-state index contributed by atoms with van der Waals surface area (Å²) < 4.78 is 30.4. The smallest absolute Gasteiger partial charge is 0.254 e. The van der Waals surface area contributed by atoms with Gasteiger partial charge in [-0.1, -0.05) is 12.1 Å². The zero-order valence-corrected chi connectivity index (χ0v) is 14.0. The molecule has 0 N–H and O–H groups in total. The van der Waals surface area contributed by atoms with E-state index in [1.165, 1.54) is 12.1 Å². The minimum absolute atomic E-state index is 0.133. The van der Waals surface area contributed by atoms with Gasteiger partial charge in [-0.15, -0.1) is 10.2 Å². The summed E-state index contributed by atoms with van der Waals surface area (Å²) in [7, 11) is 0. The van der Waals surface area contributed by atoms with Gasteiger partial charge in [0.1, 0.15) is 11.4 Å². The van der Waals surface area contributed by atoms with E-state index in [-0.39, 0.29) is 18.0 Å². The molecule has 6 heteroatoms. The van der Waals surface area contributed by atoms with Gasteiger partial charge >= 0.3 is 0 Å². The van der Waals surface area contributed by atoms with Gasteiger partial charge in [0.25, 0.3) is 5.89 Å². The summed E-state index contributed by atoms with van der Waals surface area (Å²) in [6.07, 6.45) is 0.842. The standard InChI is InChI=1S/C19H17FN2O3/c1-19(2)10-13-4-3-5-15(17(13)25-19)23-11-16-21-22-18(24-16)12-6-8-14(20)9-7-12/h3-9H,10-11H2,1-2H3. The predicted molar refractivity (Wildman–Crippen MR) is 88.9 cm³/mol. The van der Waals surface area contributed by atoms with Crippen LogP contribution in [0.25, 0.3) is 11.5 Å². The average Bonchev–Trinajstić information content (AvgIpc) is 3.16. The van der Waals surface area contributed by atoms with Crippen molar-refractivity contribution in [2.24, 2.45) is 0 Å². The third-order valence-corrected chi connectivity index (χ3v) is 3.96. The fourth-order valence-electron chi connectivity index (χ4n) is 2.86. The van der Waals surface area contributed by atoms with E-state index >= 15 is 0 Å². The van der Waals surface area contributed by atoms with E-state index in [0.717, 1.165) is 17.7 Å². The lowest BCUT2D eigenvalue weighted by molar-refractivity contribution is 0.130. The number of aromatic nitrogens is 2. The van der Waals surface area contributed by atoms with Crippen LogP contribution in [0, 0.1) is 5.82 Å². The molecule has 2 aromatic carbocycles. The van der Waals surface area contributed by atoms with Crippen LogP contribution < -0.4 is 9.47 Å². The van der Waals surface area contributed by atoms with E-state index in [9.17, 15) is 4.39 Å². The summed E-state index contributed by atoms with van der Waals surface area (Å²) in [6, 6.07) is 11.7. The number of hydrogen-bond donors (Lipinski definition) is 0. The molecule has 128 valence electrons. The lowest BCUT2D eigenvalue weighted by Crippen LogP contribution is -2.24. The van der Waals surface area contributed by atoms with E-state index in [0.29, 0.717) is 23.1 Å². The first-order valence-electron chi connectivity index (χ1n) is 8.02. The number of halogens is 1. The van der Waals surface area contributed by atoms with Crippen molar-refractivity contribution in [1.29, 1.82) is 0 Å². The minimum atomic E-state index is -0.312. The highest BCUT2D eigenvalue weighted by Gasteiger charge is 2.32. The SMILES string of the molecule is CC1(C)Cc2cccc(OCc3nnc(-c4ccc(F)cc4)o3)c2O1. The van der Waals surface area contributed by atoms with Crippen molar-refractivity contribution in [2.75, 3.05) is 0 Å². The predicted octanol–water partition coefficient (Wildman–Crippen LogP) is 4.17. The molecule has 5 nitrogen and oxygen atoms in total. The Morgan fingerprint density at radius 2 is 1.92 bits per heavy atom. The fourth-order valence-corrected chi connectivity index (χ4v) is 2.86. The van der Waals surface area contributed by atoms with Gasteiger partial charge in [0, 0.05) is 17.5 Å². The molecular formula is C19H17FN2O3. The fraction of sp³-hybridized carbons (Fsp3) is 0.263. The molecule has 0 aliphatic carbocycles. The monoisotopic (exact) mass is 340 g/mol. The maximum atomic E-state index is 13.0. The number of benzene rings is 2. The third-order valence-electron chi connectivity index (χ3n) is 3.96. The van der Waals surface area contributed by atoms with Crippen molar-refractivity contribution in [3.63, 3.8) is 0 Å². The van der Waals surface area contributed by atoms with Crippen molar-refractivity contribution in [3.8, 4) is 23.0 Å². The molecule has 0 saturated carbocycles. The Morgan fingerprint density at radius 3 is 2.72 bits per heavy atom. The highest BCUT2D eigenvalue weighted by Crippen LogP contribution is 2.41. The quantitative estimate of drug-likeness (QED) is 0.713. The second kappa shape index (κ2) is 5.88. The molecule has 25 heavy (non-hydrogen) atoms. The molecule has 0 unspecified atom stereocenters. The lowest BCUT2D eigenvalue weighted by atomic mass is 10.0. The summed E-state index contributed by atoms with van der Waals surface area (Å²) in [6.45, 7) is 4.22. The first-order chi connectivity index (χ1) is 12.0. The van der Waals surface area contributed by atoms with Crippen LogP contribution in [-0.4, -0.2) is 15.8 Å². The Labute approximate surface area is 144 Å². The van der Waals surface area contributed by atoms with Crippen LogP contribution in [0.5, 0.6) is 11.5 Å². The van der Waals surface area contributed by atoms with Crippen LogP contribution >= 0.6 is 0 Å². The van der Waals surface area contributed by atoms with Gasteiger partial charge in [0.2, 0.25) is 5.89 Å². The molecule has 0 saturated heterocycles. The normalized spacial score (nSPS) is 14.8. The van der Waals surface area contributed by atoms with Gasteiger partial charge in [-0.25, -0.2) is 4.39 Å². The summed E-state index contributed by atoms with van der Waals surface area (Å²) in [5.41, 5.74) is 1.55. The summed E-state index contributed by atoms with van der Waals surface area (Å²) in [4.78, 5) is 0. The summed E-state index contributed by atoms with van der Waals surface area (Å²) >= 11 is 0. The first-order valence-corrected chi connectivity index (χ1v) is 8.02. The Bertz CT molecular complexity index is 903. The molecular weight excluding hydrogens is 323 g/mol. The molecule has 1 aliphatic rings. The van der Waals surface area contributed by atoms with Crippen LogP contribution in [-0.2, 0) is 13.0 Å². The number of nitrogens with zero attached hydrogens (tertiary/aromatic N) is 2. The molecule has 1 aliphatic heterocycles. The van der Waals surface area contributed by atoms with Gasteiger partial charge in [-0.2, -0.15) is 0 Å². The van der Waals surface area contributed by atoms with Gasteiger partial charge in [0.05, 0.1) is 0 Å². The van der Waals surface area contributed by atoms with Crippen LogP contribution in [0.3, 0.4) is 0 Å². The Morgan fingerprint density at radius 1 is 1.12 bits per heavy atom. The number of hydrogen-bond acceptors (Lipinski definition) is 5. The molecule has 0 fully saturated rings. The number of fused-ring (bicyclic) bond motifs is 1. The van der Waals surface area contributed by atoms with Gasteiger partial charge < -0.3 is 13.9 Å². The average molecular weight is 340 g/mol. The van der Waals surface area contributed by atoms with Crippen LogP contribution in [0.15, 0.2) is 46.9 Å². The van der Waals surface area contributed by atoms with Crippen LogP contribution in [0.4, 0.5) is 4.39 Å². The van der Waals surface area contributed by atoms with E-state index < -0.39 is 0 Å². The second-order valence-corrected chi connectivity index (χ2v) is 6.58. The molecule has 3 aromatic rings. The molecule has 0 spiro atoms. The van der Waals surface area contributed by atoms with Crippen molar-refractivity contribution in [3.05, 3.63) is 59.7 Å². The second-order valence-electron chi connectivity index (χ2n) is 6.58. The Hall–Kier alpha value is -2.89. The van der Waals surface area contributed by atoms with E-state index in [1.807, 2.05) is 32.0 Å². The van der Waals surface area contributed by atoms with E-state index in [2.05, 4.69) is 10.2 Å². The van der Waals surface area contributed by atoms with E-state index in [4.69, 9.17) is 13.9 Å². The highest BCUT2D eigenvalue weighted by molar-refractivity contribution is 5.52. The zero-order valence-electron chi connectivity index (χ0n) is 14.0. The number of ether oxygens (including phenoxy) is 2. The van der Waals surface area contributed by atoms with Gasteiger partial charge in [0.15, 0.2) is 18.1 Å². The maximum absolute atomic E-state index is 13.0. The van der Waals surface area contributed by atoms with Gasteiger partial charge in [-0.3, -0.25) is 0 Å². The molecule has 0 atom stereocenters. The maximum Gasteiger partial charge on any atom is 0.254 e. The summed E-state index contributed by atoms with van der Waals surface area (Å²) in [5.74, 6) is 1.78. The largest absolute Gasteiger partial charge is 0.483 e. The Balaban J connectivity index is 1.49. The number of rotatable bonds is 4. The van der Waals surface area contributed by atoms with Gasteiger partial charge in [-0.05, 0) is 44.2 Å². The number of para-hydroxylation sites is 1. The van der Waals surface area contributed by atoms with Crippen molar-refractivity contribution < 1.29 is 18.3 Å². The van der Waals surface area contributed by atoms with Crippen molar-refractivity contribution in [2.45, 2.75) is 32.5 Å². The molecule has 4 rings (SSSR count). The minimum Gasteiger partial charge on any atom is -0.483 e. The highest BCUT2D eigenvalue weighted by atomic mass is 19.1. The summed E-state index contributed by atoms with van der Waals surface area (Å²) in [5, 5.41) is 7.95. The molecule has 0 radical (unpaired) electrons. The molecule has 0 amide bonds. The third kappa shape index (κ3) is 3.20. The zero-order chi connectivity index (χ0) is 17.4. The molecule has 2 heterocycles. The van der Waals surface area contributed by atoms with Crippen LogP contribution in [0.2, 0.25) is 0 Å². The first kappa shape index (κ1) is 15.6. The lowest BCUT2D eigenvalue weighted by Gasteiger charge is -2.18. The van der Waals surface area contributed by atoms with E-state index in [1.54, 1.807) is 12.1 Å². The topological polar surface area (TPSA) is 57.4 Å². The Kier molecular flexibility index (Phi) is 3.67. The van der Waals surface area contributed by atoms with Crippen LogP contribution in [0.1, 0.15) is 25.3 Å². The van der Waals surface area contributed by atoms with Crippen molar-refractivity contribution in [1.82, 2.24) is 10.2 Å².